The third kappa shape index (κ3) is 4.44. The molecule has 0 atom stereocenters. The summed E-state index contributed by atoms with van der Waals surface area (Å²) in [6.45, 7) is 0. The first-order valence-corrected chi connectivity index (χ1v) is 7.55. The third-order valence-electron chi connectivity index (χ3n) is 3.49. The van der Waals surface area contributed by atoms with Crippen molar-refractivity contribution in [3.63, 3.8) is 0 Å². The van der Waals surface area contributed by atoms with Crippen molar-refractivity contribution in [3.05, 3.63) is 48.0 Å². The molecule has 0 spiro atoms. The van der Waals surface area contributed by atoms with Crippen LogP contribution in [-0.2, 0) is 4.79 Å². The number of amides is 1. The number of benzene rings is 2. The standard InChI is InChI=1S/C19H21NO5/c1-22-15-8-6-5-7-13(15)9-10-18(21)20-14-11-16(23-2)19(25-4)17(12-14)24-3/h5-12H,1-4H3,(H,20,21)/b10-9+. The number of methoxy groups -OCH3 is 4. The second-order valence-corrected chi connectivity index (χ2v) is 4.98. The van der Waals surface area contributed by atoms with E-state index >= 15 is 0 Å². The average molecular weight is 343 g/mol. The van der Waals surface area contributed by atoms with Crippen LogP contribution in [0.1, 0.15) is 5.56 Å². The van der Waals surface area contributed by atoms with Gasteiger partial charge in [0.05, 0.1) is 28.4 Å². The Balaban J connectivity index is 2.19. The summed E-state index contributed by atoms with van der Waals surface area (Å²) >= 11 is 0. The van der Waals surface area contributed by atoms with Crippen LogP contribution in [0.2, 0.25) is 0 Å². The number of para-hydroxylation sites is 1. The Hall–Kier alpha value is -3.15. The lowest BCUT2D eigenvalue weighted by Crippen LogP contribution is -2.08. The maximum Gasteiger partial charge on any atom is 0.248 e. The highest BCUT2D eigenvalue weighted by Gasteiger charge is 2.13. The third-order valence-corrected chi connectivity index (χ3v) is 3.49. The van der Waals surface area contributed by atoms with Gasteiger partial charge in [-0.1, -0.05) is 18.2 Å². The van der Waals surface area contributed by atoms with Crippen molar-refractivity contribution in [1.82, 2.24) is 0 Å². The molecule has 0 radical (unpaired) electrons. The lowest BCUT2D eigenvalue weighted by Gasteiger charge is -2.14. The zero-order chi connectivity index (χ0) is 18.2. The number of hydrogen-bond acceptors (Lipinski definition) is 5. The van der Waals surface area contributed by atoms with Crippen LogP contribution in [0.15, 0.2) is 42.5 Å². The van der Waals surface area contributed by atoms with E-state index in [9.17, 15) is 4.79 Å². The van der Waals surface area contributed by atoms with E-state index in [1.165, 1.54) is 27.4 Å². The highest BCUT2D eigenvalue weighted by molar-refractivity contribution is 6.02. The lowest BCUT2D eigenvalue weighted by molar-refractivity contribution is -0.111. The van der Waals surface area contributed by atoms with Gasteiger partial charge in [-0.15, -0.1) is 0 Å². The first kappa shape index (κ1) is 18.2. The molecular formula is C19H21NO5. The van der Waals surface area contributed by atoms with Crippen LogP contribution in [-0.4, -0.2) is 34.3 Å². The monoisotopic (exact) mass is 343 g/mol. The molecule has 1 N–H and O–H groups in total. The number of anilines is 1. The molecule has 6 nitrogen and oxygen atoms in total. The van der Waals surface area contributed by atoms with Crippen LogP contribution >= 0.6 is 0 Å². The number of nitrogens with one attached hydrogen (secondary N) is 1. The summed E-state index contributed by atoms with van der Waals surface area (Å²) in [5.41, 5.74) is 1.34. The van der Waals surface area contributed by atoms with E-state index in [2.05, 4.69) is 5.32 Å². The Kier molecular flexibility index (Phi) is 6.28. The predicted octanol–water partition coefficient (Wildman–Crippen LogP) is 3.37. The Bertz CT molecular complexity index is 745. The maximum atomic E-state index is 12.2. The zero-order valence-corrected chi connectivity index (χ0v) is 14.7. The molecule has 0 unspecified atom stereocenters. The van der Waals surface area contributed by atoms with Crippen LogP contribution < -0.4 is 24.3 Å². The van der Waals surface area contributed by atoms with E-state index in [-0.39, 0.29) is 5.91 Å². The Morgan fingerprint density at radius 3 is 2.04 bits per heavy atom. The first-order chi connectivity index (χ1) is 12.1. The summed E-state index contributed by atoms with van der Waals surface area (Å²) < 4.78 is 21.0. The minimum absolute atomic E-state index is 0.292. The lowest BCUT2D eigenvalue weighted by atomic mass is 10.2. The van der Waals surface area contributed by atoms with Crippen LogP contribution in [0.3, 0.4) is 0 Å². The van der Waals surface area contributed by atoms with E-state index in [0.717, 1.165) is 5.56 Å². The predicted molar refractivity (Wildman–Crippen MR) is 96.8 cm³/mol. The Morgan fingerprint density at radius 1 is 0.880 bits per heavy atom. The number of rotatable bonds is 7. The van der Waals surface area contributed by atoms with Gasteiger partial charge in [0, 0.05) is 29.5 Å². The van der Waals surface area contributed by atoms with Crippen molar-refractivity contribution in [1.29, 1.82) is 0 Å². The zero-order valence-electron chi connectivity index (χ0n) is 14.7. The SMILES string of the molecule is COc1ccccc1/C=C/C(=O)Nc1cc(OC)c(OC)c(OC)c1. The van der Waals surface area contributed by atoms with Crippen molar-refractivity contribution >= 4 is 17.7 Å². The number of ether oxygens (including phenoxy) is 4. The van der Waals surface area contributed by atoms with Crippen LogP contribution in [0, 0.1) is 0 Å². The van der Waals surface area contributed by atoms with Crippen LogP contribution in [0.5, 0.6) is 23.0 Å². The number of carbonyl (C=O) groups excluding carboxylic acids is 1. The number of hydrogen-bond donors (Lipinski definition) is 1. The van der Waals surface area contributed by atoms with Gasteiger partial charge in [0.1, 0.15) is 5.75 Å². The summed E-state index contributed by atoms with van der Waals surface area (Å²) in [4.78, 5) is 12.2. The van der Waals surface area contributed by atoms with E-state index < -0.39 is 0 Å². The van der Waals surface area contributed by atoms with Gasteiger partial charge in [-0.3, -0.25) is 4.79 Å². The van der Waals surface area contributed by atoms with Crippen molar-refractivity contribution in [2.45, 2.75) is 0 Å². The Labute approximate surface area is 147 Å². The topological polar surface area (TPSA) is 66.0 Å². The van der Waals surface area contributed by atoms with E-state index in [4.69, 9.17) is 18.9 Å². The van der Waals surface area contributed by atoms with Gasteiger partial charge in [0.15, 0.2) is 11.5 Å². The quantitative estimate of drug-likeness (QED) is 0.781. The molecule has 0 fully saturated rings. The summed E-state index contributed by atoms with van der Waals surface area (Å²) in [7, 11) is 6.15. The summed E-state index contributed by atoms with van der Waals surface area (Å²) in [6.07, 6.45) is 3.12. The molecule has 2 aromatic carbocycles. The van der Waals surface area contributed by atoms with Crippen LogP contribution in [0.4, 0.5) is 5.69 Å². The van der Waals surface area contributed by atoms with E-state index in [1.807, 2.05) is 24.3 Å². The fourth-order valence-electron chi connectivity index (χ4n) is 2.31. The maximum absolute atomic E-state index is 12.2. The molecule has 0 aliphatic rings. The van der Waals surface area contributed by atoms with Crippen molar-refractivity contribution in [2.24, 2.45) is 0 Å². The van der Waals surface area contributed by atoms with E-state index in [0.29, 0.717) is 28.7 Å². The highest BCUT2D eigenvalue weighted by Crippen LogP contribution is 2.39. The summed E-state index contributed by atoms with van der Waals surface area (Å²) in [5, 5.41) is 2.77. The van der Waals surface area contributed by atoms with Gasteiger partial charge in [-0.05, 0) is 12.1 Å². The molecule has 0 aliphatic heterocycles. The molecule has 0 heterocycles. The summed E-state index contributed by atoms with van der Waals surface area (Å²) in [5.74, 6) is 1.80. The molecule has 0 saturated carbocycles. The Morgan fingerprint density at radius 2 is 1.48 bits per heavy atom. The molecule has 132 valence electrons. The minimum Gasteiger partial charge on any atom is -0.496 e. The molecule has 6 heteroatoms. The van der Waals surface area contributed by atoms with Crippen molar-refractivity contribution < 1.29 is 23.7 Å². The van der Waals surface area contributed by atoms with Gasteiger partial charge in [-0.2, -0.15) is 0 Å². The molecular weight excluding hydrogens is 322 g/mol. The fraction of sp³-hybridized carbons (Fsp3) is 0.211. The van der Waals surface area contributed by atoms with E-state index in [1.54, 1.807) is 25.3 Å². The van der Waals surface area contributed by atoms with Gasteiger partial charge in [0.25, 0.3) is 0 Å². The molecule has 0 saturated heterocycles. The smallest absolute Gasteiger partial charge is 0.248 e. The molecule has 2 aromatic rings. The average Bonchev–Trinajstić information content (AvgIpc) is 2.65. The normalized spacial score (nSPS) is 10.4. The van der Waals surface area contributed by atoms with Gasteiger partial charge < -0.3 is 24.3 Å². The highest BCUT2D eigenvalue weighted by atomic mass is 16.5. The fourth-order valence-corrected chi connectivity index (χ4v) is 2.31. The molecule has 0 aliphatic carbocycles. The molecule has 2 rings (SSSR count). The van der Waals surface area contributed by atoms with Crippen molar-refractivity contribution in [2.75, 3.05) is 33.8 Å². The number of carbonyl (C=O) groups is 1. The van der Waals surface area contributed by atoms with Gasteiger partial charge in [0.2, 0.25) is 11.7 Å². The van der Waals surface area contributed by atoms with Crippen LogP contribution in [0.25, 0.3) is 6.08 Å². The second-order valence-electron chi connectivity index (χ2n) is 4.98. The first-order valence-electron chi connectivity index (χ1n) is 7.55. The minimum atomic E-state index is -0.292. The summed E-state index contributed by atoms with van der Waals surface area (Å²) in [6, 6.07) is 10.8. The van der Waals surface area contributed by atoms with Gasteiger partial charge in [-0.25, -0.2) is 0 Å². The molecule has 25 heavy (non-hydrogen) atoms. The van der Waals surface area contributed by atoms with Gasteiger partial charge >= 0.3 is 0 Å². The van der Waals surface area contributed by atoms with Crippen molar-refractivity contribution in [3.8, 4) is 23.0 Å². The second kappa shape index (κ2) is 8.63. The molecule has 0 bridgehead atoms. The largest absolute Gasteiger partial charge is 0.496 e. The molecule has 0 aromatic heterocycles. The molecule has 1 amide bonds.